The van der Waals surface area contributed by atoms with Crippen molar-refractivity contribution in [3.05, 3.63) is 48.1 Å². The highest BCUT2D eigenvalue weighted by Crippen LogP contribution is 2.16. The van der Waals surface area contributed by atoms with Crippen LogP contribution < -0.4 is 11.1 Å². The topological polar surface area (TPSA) is 55.1 Å². The molecule has 1 amide bonds. The van der Waals surface area contributed by atoms with Gasteiger partial charge in [0.2, 0.25) is 5.91 Å². The zero-order chi connectivity index (χ0) is 13.5. The molecule has 100 valence electrons. The Morgan fingerprint density at radius 2 is 2.00 bits per heavy atom. The van der Waals surface area contributed by atoms with Crippen molar-refractivity contribution in [1.82, 2.24) is 0 Å². The summed E-state index contributed by atoms with van der Waals surface area (Å²) in [6, 6.07) is 7.21. The van der Waals surface area contributed by atoms with E-state index in [-0.39, 0.29) is 5.91 Å². The molecular formula is C16H20N2O. The van der Waals surface area contributed by atoms with Gasteiger partial charge >= 0.3 is 0 Å². The maximum atomic E-state index is 11.8. The van der Waals surface area contributed by atoms with E-state index < -0.39 is 0 Å². The number of rotatable bonds is 5. The molecule has 0 fully saturated rings. The van der Waals surface area contributed by atoms with Crippen molar-refractivity contribution in [2.24, 2.45) is 0 Å². The van der Waals surface area contributed by atoms with Gasteiger partial charge < -0.3 is 11.1 Å². The van der Waals surface area contributed by atoms with E-state index in [0.717, 1.165) is 31.4 Å². The Kier molecular flexibility index (Phi) is 4.78. The minimum atomic E-state index is 0.0603. The van der Waals surface area contributed by atoms with E-state index in [0.29, 0.717) is 12.1 Å². The molecule has 19 heavy (non-hydrogen) atoms. The second-order valence-corrected chi connectivity index (χ2v) is 4.78. The van der Waals surface area contributed by atoms with Crippen molar-refractivity contribution in [3.8, 4) is 0 Å². The standard InChI is InChI=1S/C16H20N2O/c17-14-9-11-15(12-10-14)18-16(19)8-4-7-13-5-2-1-3-6-13/h2,5-6,9-12H,1,3-4,7-8,17H2,(H,18,19). The van der Waals surface area contributed by atoms with Crippen molar-refractivity contribution >= 4 is 17.3 Å². The first-order valence-corrected chi connectivity index (χ1v) is 6.75. The third kappa shape index (κ3) is 4.62. The Morgan fingerprint density at radius 1 is 1.21 bits per heavy atom. The molecule has 1 aromatic rings. The Bertz CT molecular complexity index is 486. The molecule has 1 aromatic carbocycles. The number of carbonyl (C=O) groups excluding carboxylic acids is 1. The lowest BCUT2D eigenvalue weighted by Crippen LogP contribution is -2.11. The van der Waals surface area contributed by atoms with Crippen LogP contribution in [-0.4, -0.2) is 5.91 Å². The summed E-state index contributed by atoms with van der Waals surface area (Å²) in [6.45, 7) is 0. The molecule has 3 nitrogen and oxygen atoms in total. The molecule has 0 aromatic heterocycles. The van der Waals surface area contributed by atoms with E-state index in [2.05, 4.69) is 23.5 Å². The highest BCUT2D eigenvalue weighted by molar-refractivity contribution is 5.90. The Morgan fingerprint density at radius 3 is 2.68 bits per heavy atom. The average Bonchev–Trinajstić information content (AvgIpc) is 2.43. The lowest BCUT2D eigenvalue weighted by molar-refractivity contribution is -0.116. The molecule has 0 radical (unpaired) electrons. The van der Waals surface area contributed by atoms with Crippen LogP contribution in [0.15, 0.2) is 48.1 Å². The molecule has 0 spiro atoms. The second-order valence-electron chi connectivity index (χ2n) is 4.78. The van der Waals surface area contributed by atoms with E-state index >= 15 is 0 Å². The molecule has 3 heteroatoms. The van der Waals surface area contributed by atoms with E-state index in [4.69, 9.17) is 5.73 Å². The summed E-state index contributed by atoms with van der Waals surface area (Å²) in [5, 5.41) is 2.87. The zero-order valence-corrected chi connectivity index (χ0v) is 11.1. The molecule has 1 aliphatic rings. The molecule has 0 atom stereocenters. The SMILES string of the molecule is Nc1ccc(NC(=O)CCCC2=CCCC=C2)cc1. The van der Waals surface area contributed by atoms with Gasteiger partial charge in [-0.1, -0.05) is 23.8 Å². The van der Waals surface area contributed by atoms with Crippen LogP contribution in [0.1, 0.15) is 32.1 Å². The van der Waals surface area contributed by atoms with Crippen LogP contribution in [0.3, 0.4) is 0 Å². The summed E-state index contributed by atoms with van der Waals surface area (Å²) in [5.74, 6) is 0.0603. The molecule has 0 heterocycles. The van der Waals surface area contributed by atoms with Crippen molar-refractivity contribution in [3.63, 3.8) is 0 Å². The molecule has 0 unspecified atom stereocenters. The second kappa shape index (κ2) is 6.78. The van der Waals surface area contributed by atoms with Crippen LogP contribution in [0.2, 0.25) is 0 Å². The molecule has 0 saturated heterocycles. The highest BCUT2D eigenvalue weighted by atomic mass is 16.1. The lowest BCUT2D eigenvalue weighted by atomic mass is 10.0. The van der Waals surface area contributed by atoms with Gasteiger partial charge in [0, 0.05) is 17.8 Å². The van der Waals surface area contributed by atoms with Gasteiger partial charge in [-0.05, 0) is 49.9 Å². The van der Waals surface area contributed by atoms with Crippen LogP contribution in [0.25, 0.3) is 0 Å². The van der Waals surface area contributed by atoms with Crippen LogP contribution in [-0.2, 0) is 4.79 Å². The minimum absolute atomic E-state index is 0.0603. The van der Waals surface area contributed by atoms with Crippen LogP contribution in [0, 0.1) is 0 Å². The van der Waals surface area contributed by atoms with Crippen molar-refractivity contribution in [2.75, 3.05) is 11.1 Å². The van der Waals surface area contributed by atoms with E-state index in [1.165, 1.54) is 5.57 Å². The number of allylic oxidation sites excluding steroid dienone is 4. The van der Waals surface area contributed by atoms with Crippen LogP contribution in [0.4, 0.5) is 11.4 Å². The zero-order valence-electron chi connectivity index (χ0n) is 11.1. The fourth-order valence-corrected chi connectivity index (χ4v) is 2.10. The molecule has 2 rings (SSSR count). The van der Waals surface area contributed by atoms with Gasteiger partial charge in [0.1, 0.15) is 0 Å². The van der Waals surface area contributed by atoms with Crippen LogP contribution in [0.5, 0.6) is 0 Å². The number of nitrogens with one attached hydrogen (secondary N) is 1. The quantitative estimate of drug-likeness (QED) is 0.790. The maximum absolute atomic E-state index is 11.8. The van der Waals surface area contributed by atoms with Gasteiger partial charge in [0.05, 0.1) is 0 Å². The number of hydrogen-bond donors (Lipinski definition) is 2. The highest BCUT2D eigenvalue weighted by Gasteiger charge is 2.03. The lowest BCUT2D eigenvalue weighted by Gasteiger charge is -2.07. The summed E-state index contributed by atoms with van der Waals surface area (Å²) >= 11 is 0. The van der Waals surface area contributed by atoms with Gasteiger partial charge in [-0.2, -0.15) is 0 Å². The largest absolute Gasteiger partial charge is 0.399 e. The number of nitrogen functional groups attached to an aromatic ring is 1. The van der Waals surface area contributed by atoms with Crippen molar-refractivity contribution in [1.29, 1.82) is 0 Å². The number of nitrogens with two attached hydrogens (primary N) is 1. The molecule has 0 saturated carbocycles. The summed E-state index contributed by atoms with van der Waals surface area (Å²) in [5.41, 5.74) is 8.45. The third-order valence-electron chi connectivity index (χ3n) is 3.14. The van der Waals surface area contributed by atoms with Gasteiger partial charge in [-0.15, -0.1) is 0 Å². The van der Waals surface area contributed by atoms with Crippen molar-refractivity contribution < 1.29 is 4.79 Å². The number of amides is 1. The fraction of sp³-hybridized carbons (Fsp3) is 0.312. The molecule has 1 aliphatic carbocycles. The first-order chi connectivity index (χ1) is 9.24. The van der Waals surface area contributed by atoms with Gasteiger partial charge in [0.25, 0.3) is 0 Å². The summed E-state index contributed by atoms with van der Waals surface area (Å²) in [4.78, 5) is 11.8. The minimum Gasteiger partial charge on any atom is -0.399 e. The number of benzene rings is 1. The Labute approximate surface area is 114 Å². The Balaban J connectivity index is 1.71. The van der Waals surface area contributed by atoms with Gasteiger partial charge in [0.15, 0.2) is 0 Å². The number of carbonyl (C=O) groups is 1. The van der Waals surface area contributed by atoms with E-state index in [1.54, 1.807) is 12.1 Å². The predicted octanol–water partition coefficient (Wildman–Crippen LogP) is 3.65. The van der Waals surface area contributed by atoms with Gasteiger partial charge in [-0.25, -0.2) is 0 Å². The maximum Gasteiger partial charge on any atom is 0.224 e. The summed E-state index contributed by atoms with van der Waals surface area (Å²) < 4.78 is 0. The summed E-state index contributed by atoms with van der Waals surface area (Å²) in [6.07, 6.45) is 11.3. The number of anilines is 2. The summed E-state index contributed by atoms with van der Waals surface area (Å²) in [7, 11) is 0. The van der Waals surface area contributed by atoms with E-state index in [1.807, 2.05) is 12.1 Å². The fourth-order valence-electron chi connectivity index (χ4n) is 2.10. The van der Waals surface area contributed by atoms with E-state index in [9.17, 15) is 4.79 Å². The predicted molar refractivity (Wildman–Crippen MR) is 79.8 cm³/mol. The molecule has 0 aliphatic heterocycles. The van der Waals surface area contributed by atoms with Gasteiger partial charge in [-0.3, -0.25) is 4.79 Å². The normalized spacial score (nSPS) is 14.0. The molecule has 3 N–H and O–H groups in total. The smallest absolute Gasteiger partial charge is 0.224 e. The average molecular weight is 256 g/mol. The molecule has 0 bridgehead atoms. The van der Waals surface area contributed by atoms with Crippen molar-refractivity contribution in [2.45, 2.75) is 32.1 Å². The molecular weight excluding hydrogens is 236 g/mol. The number of hydrogen-bond acceptors (Lipinski definition) is 2. The first-order valence-electron chi connectivity index (χ1n) is 6.75. The third-order valence-corrected chi connectivity index (χ3v) is 3.14. The van der Waals surface area contributed by atoms with Crippen LogP contribution >= 0.6 is 0 Å². The first kappa shape index (κ1) is 13.4. The Hall–Kier alpha value is -2.03. The monoisotopic (exact) mass is 256 g/mol.